The maximum absolute atomic E-state index is 12.6. The SMILES string of the molecule is CNC(=O)COc1ccc(S(=O)(=O)Nc2c(C)cc(C)cc2C)cc1. The van der Waals surface area contributed by atoms with Crippen LogP contribution in [0.1, 0.15) is 16.7 Å². The average molecular weight is 362 g/mol. The first kappa shape index (κ1) is 18.8. The Bertz CT molecular complexity index is 851. The minimum absolute atomic E-state index is 0.122. The number of benzene rings is 2. The first-order valence-electron chi connectivity index (χ1n) is 7.77. The highest BCUT2D eigenvalue weighted by Gasteiger charge is 2.17. The summed E-state index contributed by atoms with van der Waals surface area (Å²) in [5.41, 5.74) is 3.40. The number of nitrogens with one attached hydrogen (secondary N) is 2. The third-order valence-corrected chi connectivity index (χ3v) is 5.06. The molecule has 0 aliphatic heterocycles. The summed E-state index contributed by atoms with van der Waals surface area (Å²) in [6.45, 7) is 5.58. The van der Waals surface area contributed by atoms with Crippen molar-refractivity contribution in [2.24, 2.45) is 0 Å². The highest BCUT2D eigenvalue weighted by atomic mass is 32.2. The number of amides is 1. The van der Waals surface area contributed by atoms with Gasteiger partial charge in [-0.15, -0.1) is 0 Å². The molecule has 0 saturated heterocycles. The lowest BCUT2D eigenvalue weighted by Gasteiger charge is -2.14. The number of carbonyl (C=O) groups excluding carboxylic acids is 1. The zero-order valence-electron chi connectivity index (χ0n) is 14.7. The summed E-state index contributed by atoms with van der Waals surface area (Å²) in [6.07, 6.45) is 0. The van der Waals surface area contributed by atoms with Gasteiger partial charge >= 0.3 is 0 Å². The van der Waals surface area contributed by atoms with Crippen molar-refractivity contribution in [3.05, 3.63) is 53.1 Å². The largest absolute Gasteiger partial charge is 0.484 e. The van der Waals surface area contributed by atoms with Crippen molar-refractivity contribution in [1.82, 2.24) is 5.32 Å². The van der Waals surface area contributed by atoms with Gasteiger partial charge in [0.2, 0.25) is 0 Å². The molecule has 0 aromatic heterocycles. The number of ether oxygens (including phenoxy) is 1. The molecule has 2 aromatic carbocycles. The Hall–Kier alpha value is -2.54. The maximum Gasteiger partial charge on any atom is 0.261 e. The molecule has 2 rings (SSSR count). The van der Waals surface area contributed by atoms with Crippen LogP contribution in [0.15, 0.2) is 41.3 Å². The molecule has 0 aliphatic carbocycles. The number of likely N-dealkylation sites (N-methyl/N-ethyl adjacent to an activating group) is 1. The highest BCUT2D eigenvalue weighted by molar-refractivity contribution is 7.92. The third kappa shape index (κ3) is 4.73. The van der Waals surface area contributed by atoms with Gasteiger partial charge in [0.05, 0.1) is 10.6 Å². The van der Waals surface area contributed by atoms with Crippen LogP contribution in [0.25, 0.3) is 0 Å². The lowest BCUT2D eigenvalue weighted by molar-refractivity contribution is -0.122. The minimum Gasteiger partial charge on any atom is -0.484 e. The highest BCUT2D eigenvalue weighted by Crippen LogP contribution is 2.25. The minimum atomic E-state index is -3.71. The van der Waals surface area contributed by atoms with Crippen LogP contribution in [0.4, 0.5) is 5.69 Å². The van der Waals surface area contributed by atoms with Crippen molar-refractivity contribution in [3.8, 4) is 5.75 Å². The molecule has 2 aromatic rings. The summed E-state index contributed by atoms with van der Waals surface area (Å²) in [6, 6.07) is 9.79. The summed E-state index contributed by atoms with van der Waals surface area (Å²) in [7, 11) is -2.19. The maximum atomic E-state index is 12.6. The molecule has 0 bridgehead atoms. The number of anilines is 1. The first-order valence-corrected chi connectivity index (χ1v) is 9.25. The molecule has 0 saturated carbocycles. The van der Waals surface area contributed by atoms with E-state index in [1.165, 1.54) is 31.3 Å². The molecule has 7 heteroatoms. The predicted octanol–water partition coefficient (Wildman–Crippen LogP) is 2.54. The Morgan fingerprint density at radius 3 is 2.12 bits per heavy atom. The molecular weight excluding hydrogens is 340 g/mol. The molecule has 0 atom stereocenters. The number of hydrogen-bond donors (Lipinski definition) is 2. The van der Waals surface area contributed by atoms with E-state index >= 15 is 0 Å². The molecule has 25 heavy (non-hydrogen) atoms. The van der Waals surface area contributed by atoms with Crippen molar-refractivity contribution in [1.29, 1.82) is 0 Å². The Kier molecular flexibility index (Phi) is 5.69. The second kappa shape index (κ2) is 7.57. The molecule has 0 aliphatic rings. The van der Waals surface area contributed by atoms with E-state index in [4.69, 9.17) is 4.74 Å². The first-order chi connectivity index (χ1) is 11.7. The van der Waals surface area contributed by atoms with Crippen LogP contribution < -0.4 is 14.8 Å². The number of aryl methyl sites for hydroxylation is 3. The molecule has 6 nitrogen and oxygen atoms in total. The van der Waals surface area contributed by atoms with Crippen molar-refractivity contribution in [3.63, 3.8) is 0 Å². The molecule has 0 heterocycles. The van der Waals surface area contributed by atoms with Gasteiger partial charge < -0.3 is 10.1 Å². The molecule has 0 unspecified atom stereocenters. The summed E-state index contributed by atoms with van der Waals surface area (Å²) < 4.78 is 33.1. The van der Waals surface area contributed by atoms with E-state index in [0.717, 1.165) is 16.7 Å². The summed E-state index contributed by atoms with van der Waals surface area (Å²) in [5, 5.41) is 2.44. The van der Waals surface area contributed by atoms with Crippen LogP contribution in [-0.4, -0.2) is 28.0 Å². The van der Waals surface area contributed by atoms with Gasteiger partial charge in [0.15, 0.2) is 6.61 Å². The number of carbonyl (C=O) groups is 1. The van der Waals surface area contributed by atoms with Gasteiger partial charge in [0.1, 0.15) is 5.75 Å². The van der Waals surface area contributed by atoms with Crippen molar-refractivity contribution in [2.45, 2.75) is 25.7 Å². The van der Waals surface area contributed by atoms with Crippen molar-refractivity contribution in [2.75, 3.05) is 18.4 Å². The average Bonchev–Trinajstić information content (AvgIpc) is 2.56. The topological polar surface area (TPSA) is 84.5 Å². The van der Waals surface area contributed by atoms with E-state index in [2.05, 4.69) is 10.0 Å². The van der Waals surface area contributed by atoms with E-state index in [1.807, 2.05) is 32.9 Å². The van der Waals surface area contributed by atoms with Crippen LogP contribution in [-0.2, 0) is 14.8 Å². The number of rotatable bonds is 6. The molecule has 0 radical (unpaired) electrons. The Balaban J connectivity index is 2.19. The standard InChI is InChI=1S/C18H22N2O4S/c1-12-9-13(2)18(14(3)10-12)20-25(22,23)16-7-5-15(6-8-16)24-11-17(21)19-4/h5-10,20H,11H2,1-4H3,(H,19,21). The predicted molar refractivity (Wildman–Crippen MR) is 97.5 cm³/mol. The molecule has 0 spiro atoms. The zero-order chi connectivity index (χ0) is 18.6. The molecule has 2 N–H and O–H groups in total. The van der Waals surface area contributed by atoms with Gasteiger partial charge in [-0.2, -0.15) is 0 Å². The lowest BCUT2D eigenvalue weighted by atomic mass is 10.1. The van der Waals surface area contributed by atoms with Gasteiger partial charge in [-0.1, -0.05) is 17.7 Å². The molecule has 1 amide bonds. The summed E-state index contributed by atoms with van der Waals surface area (Å²) in [5.74, 6) is 0.161. The quantitative estimate of drug-likeness (QED) is 0.827. The fraction of sp³-hybridized carbons (Fsp3) is 0.278. The van der Waals surface area contributed by atoms with Gasteiger partial charge in [-0.05, 0) is 56.2 Å². The third-order valence-electron chi connectivity index (χ3n) is 3.70. The number of sulfonamides is 1. The zero-order valence-corrected chi connectivity index (χ0v) is 15.5. The van der Waals surface area contributed by atoms with E-state index < -0.39 is 10.0 Å². The van der Waals surface area contributed by atoms with Gasteiger partial charge in [0, 0.05) is 7.05 Å². The van der Waals surface area contributed by atoms with E-state index in [0.29, 0.717) is 11.4 Å². The number of hydrogen-bond acceptors (Lipinski definition) is 4. The molecule has 134 valence electrons. The smallest absolute Gasteiger partial charge is 0.261 e. The van der Waals surface area contributed by atoms with Crippen LogP contribution in [0.2, 0.25) is 0 Å². The lowest BCUT2D eigenvalue weighted by Crippen LogP contribution is -2.24. The van der Waals surface area contributed by atoms with Crippen LogP contribution in [0.3, 0.4) is 0 Å². The monoisotopic (exact) mass is 362 g/mol. The van der Waals surface area contributed by atoms with Crippen LogP contribution in [0, 0.1) is 20.8 Å². The van der Waals surface area contributed by atoms with E-state index in [9.17, 15) is 13.2 Å². The second-order valence-corrected chi connectivity index (χ2v) is 7.49. The van der Waals surface area contributed by atoms with E-state index in [-0.39, 0.29) is 17.4 Å². The molecule has 0 fully saturated rings. The second-order valence-electron chi connectivity index (χ2n) is 5.81. The Labute approximate surface area is 148 Å². The van der Waals surface area contributed by atoms with E-state index in [1.54, 1.807) is 0 Å². The summed E-state index contributed by atoms with van der Waals surface area (Å²) >= 11 is 0. The van der Waals surface area contributed by atoms with Crippen molar-refractivity contribution >= 4 is 21.6 Å². The molecular formula is C18H22N2O4S. The van der Waals surface area contributed by atoms with Crippen LogP contribution >= 0.6 is 0 Å². The Morgan fingerprint density at radius 1 is 1.04 bits per heavy atom. The normalized spacial score (nSPS) is 11.0. The van der Waals surface area contributed by atoms with Gasteiger partial charge in [-0.3, -0.25) is 9.52 Å². The van der Waals surface area contributed by atoms with Gasteiger partial charge in [-0.25, -0.2) is 8.42 Å². The fourth-order valence-electron chi connectivity index (χ4n) is 2.47. The van der Waals surface area contributed by atoms with Gasteiger partial charge in [0.25, 0.3) is 15.9 Å². The van der Waals surface area contributed by atoms with Crippen LogP contribution in [0.5, 0.6) is 5.75 Å². The van der Waals surface area contributed by atoms with Crippen molar-refractivity contribution < 1.29 is 17.9 Å². The fourth-order valence-corrected chi connectivity index (χ4v) is 3.67. The summed E-state index contributed by atoms with van der Waals surface area (Å²) in [4.78, 5) is 11.3. The Morgan fingerprint density at radius 2 is 1.60 bits per heavy atom.